The molecule has 2 nitrogen and oxygen atoms in total. The van der Waals surface area contributed by atoms with Gasteiger partial charge < -0.3 is 5.11 Å². The van der Waals surface area contributed by atoms with Crippen molar-refractivity contribution in [1.82, 2.24) is 0 Å². The van der Waals surface area contributed by atoms with E-state index < -0.39 is 0 Å². The summed E-state index contributed by atoms with van der Waals surface area (Å²) in [4.78, 5) is 11.4. The van der Waals surface area contributed by atoms with Crippen LogP contribution in [0.5, 0.6) is 0 Å². The van der Waals surface area contributed by atoms with Gasteiger partial charge in [-0.2, -0.15) is 0 Å². The topological polar surface area (TPSA) is 37.3 Å². The zero-order valence-corrected chi connectivity index (χ0v) is 9.97. The Hall–Kier alpha value is -0.380. The Morgan fingerprint density at radius 3 is 2.79 bits per heavy atom. The molecule has 1 atom stereocenters. The van der Waals surface area contributed by atoms with E-state index in [0.717, 1.165) is 0 Å². The lowest BCUT2D eigenvalue weighted by Gasteiger charge is -2.08. The van der Waals surface area contributed by atoms with E-state index in [1.54, 1.807) is 25.1 Å². The predicted octanol–water partition coefficient (Wildman–Crippen LogP) is 2.80. The summed E-state index contributed by atoms with van der Waals surface area (Å²) >= 11 is 8.96. The molecule has 0 aliphatic carbocycles. The molecule has 1 N–H and O–H groups in total. The van der Waals surface area contributed by atoms with Crippen LogP contribution in [0.4, 0.5) is 0 Å². The summed E-state index contributed by atoms with van der Waals surface area (Å²) in [5, 5.41) is 9.53. The maximum Gasteiger partial charge on any atom is 0.176 e. The summed E-state index contributed by atoms with van der Waals surface area (Å²) in [5.74, 6) is -0.0726. The molecular weight excluding hydrogens is 267 g/mol. The monoisotopic (exact) mass is 276 g/mol. The molecule has 1 aromatic carbocycles. The Kier molecular flexibility index (Phi) is 4.11. The minimum Gasteiger partial charge on any atom is -0.392 e. The van der Waals surface area contributed by atoms with E-state index in [4.69, 9.17) is 16.7 Å². The number of hydrogen-bond donors (Lipinski definition) is 1. The van der Waals surface area contributed by atoms with E-state index in [1.165, 1.54) is 0 Å². The number of aliphatic hydroxyl groups is 1. The van der Waals surface area contributed by atoms with Crippen LogP contribution in [0.2, 0.25) is 5.02 Å². The van der Waals surface area contributed by atoms with Crippen LogP contribution >= 0.6 is 27.5 Å². The summed E-state index contributed by atoms with van der Waals surface area (Å²) in [6, 6.07) is 4.89. The number of alkyl halides is 1. The summed E-state index contributed by atoms with van der Waals surface area (Å²) in [6.07, 6.45) is 0. The van der Waals surface area contributed by atoms with Gasteiger partial charge in [0.25, 0.3) is 0 Å². The molecule has 14 heavy (non-hydrogen) atoms. The van der Waals surface area contributed by atoms with Gasteiger partial charge in [-0.15, -0.1) is 0 Å². The van der Waals surface area contributed by atoms with E-state index in [-0.39, 0.29) is 17.2 Å². The molecule has 1 aromatic rings. The maximum atomic E-state index is 11.7. The molecule has 0 radical (unpaired) electrons. The van der Waals surface area contributed by atoms with Crippen LogP contribution < -0.4 is 0 Å². The van der Waals surface area contributed by atoms with Crippen molar-refractivity contribution in [3.63, 3.8) is 0 Å². The lowest BCUT2D eigenvalue weighted by Crippen LogP contribution is -2.12. The minimum absolute atomic E-state index is 0.0726. The van der Waals surface area contributed by atoms with Crippen LogP contribution in [-0.2, 0) is 6.61 Å². The van der Waals surface area contributed by atoms with Gasteiger partial charge in [0, 0.05) is 10.6 Å². The maximum absolute atomic E-state index is 11.7. The molecule has 1 unspecified atom stereocenters. The third-order valence-electron chi connectivity index (χ3n) is 1.87. The van der Waals surface area contributed by atoms with Gasteiger partial charge in [-0.3, -0.25) is 4.79 Å². The first-order valence-electron chi connectivity index (χ1n) is 4.14. The number of carbonyl (C=O) groups excluding carboxylic acids is 1. The first-order chi connectivity index (χ1) is 6.56. The third-order valence-corrected chi connectivity index (χ3v) is 2.52. The van der Waals surface area contributed by atoms with Crippen molar-refractivity contribution >= 4 is 33.3 Å². The number of ketones is 1. The molecule has 0 saturated heterocycles. The van der Waals surface area contributed by atoms with Gasteiger partial charge in [-0.05, 0) is 24.6 Å². The highest BCUT2D eigenvalue weighted by Crippen LogP contribution is 2.19. The van der Waals surface area contributed by atoms with Crippen LogP contribution in [0.25, 0.3) is 0 Å². The fourth-order valence-electron chi connectivity index (χ4n) is 1.13. The van der Waals surface area contributed by atoms with Crippen LogP contribution in [0.15, 0.2) is 18.2 Å². The van der Waals surface area contributed by atoms with Crippen molar-refractivity contribution in [2.45, 2.75) is 18.4 Å². The molecule has 0 fully saturated rings. The van der Waals surface area contributed by atoms with Gasteiger partial charge >= 0.3 is 0 Å². The molecule has 4 heteroatoms. The Morgan fingerprint density at radius 2 is 2.29 bits per heavy atom. The molecule has 0 saturated carbocycles. The van der Waals surface area contributed by atoms with Gasteiger partial charge in [-0.25, -0.2) is 0 Å². The van der Waals surface area contributed by atoms with Crippen molar-refractivity contribution < 1.29 is 9.90 Å². The van der Waals surface area contributed by atoms with E-state index in [2.05, 4.69) is 15.9 Å². The Bertz CT molecular complexity index is 350. The third kappa shape index (κ3) is 2.56. The second-order valence-electron chi connectivity index (χ2n) is 2.94. The Morgan fingerprint density at radius 1 is 1.64 bits per heavy atom. The average Bonchev–Trinajstić information content (AvgIpc) is 2.16. The van der Waals surface area contributed by atoms with Crippen LogP contribution in [0.1, 0.15) is 22.8 Å². The largest absolute Gasteiger partial charge is 0.392 e. The summed E-state index contributed by atoms with van der Waals surface area (Å²) in [7, 11) is 0. The molecule has 0 heterocycles. The van der Waals surface area contributed by atoms with Gasteiger partial charge in [0.05, 0.1) is 11.4 Å². The van der Waals surface area contributed by atoms with Crippen LogP contribution in [-0.4, -0.2) is 15.7 Å². The number of Topliss-reactive ketones (excluding diaryl/α,β-unsaturated/α-hetero) is 1. The van der Waals surface area contributed by atoms with Crippen molar-refractivity contribution in [3.8, 4) is 0 Å². The molecule has 0 aliphatic rings. The number of hydrogen-bond acceptors (Lipinski definition) is 2. The number of carbonyl (C=O) groups is 1. The van der Waals surface area contributed by atoms with Crippen LogP contribution in [0, 0.1) is 0 Å². The van der Waals surface area contributed by atoms with Gasteiger partial charge in [0.2, 0.25) is 0 Å². The quantitative estimate of drug-likeness (QED) is 0.681. The lowest BCUT2D eigenvalue weighted by molar-refractivity contribution is 0.0993. The summed E-state index contributed by atoms with van der Waals surface area (Å²) in [6.45, 7) is 1.59. The van der Waals surface area contributed by atoms with Crippen LogP contribution in [0.3, 0.4) is 0 Å². The van der Waals surface area contributed by atoms with Gasteiger partial charge in [0.15, 0.2) is 5.78 Å². The first-order valence-corrected chi connectivity index (χ1v) is 5.43. The summed E-state index contributed by atoms with van der Waals surface area (Å²) < 4.78 is 0. The number of halogens is 2. The molecular formula is C10H10BrClO2. The number of benzene rings is 1. The average molecular weight is 278 g/mol. The molecule has 1 rings (SSSR count). The second-order valence-corrected chi connectivity index (χ2v) is 4.75. The van der Waals surface area contributed by atoms with E-state index in [0.29, 0.717) is 16.1 Å². The highest BCUT2D eigenvalue weighted by atomic mass is 79.9. The molecule has 0 bridgehead atoms. The summed E-state index contributed by atoms with van der Waals surface area (Å²) in [5.41, 5.74) is 1.08. The lowest BCUT2D eigenvalue weighted by atomic mass is 10.0. The number of aliphatic hydroxyl groups excluding tert-OH is 1. The van der Waals surface area contributed by atoms with E-state index >= 15 is 0 Å². The Balaban J connectivity index is 3.17. The molecule has 0 aliphatic heterocycles. The van der Waals surface area contributed by atoms with Crippen molar-refractivity contribution in [3.05, 3.63) is 34.3 Å². The highest BCUT2D eigenvalue weighted by Gasteiger charge is 2.15. The Labute approximate surface area is 96.0 Å². The normalized spacial score (nSPS) is 12.6. The molecule has 0 spiro atoms. The van der Waals surface area contributed by atoms with E-state index in [9.17, 15) is 4.79 Å². The molecule has 0 aromatic heterocycles. The molecule has 0 amide bonds. The fourth-order valence-corrected chi connectivity index (χ4v) is 1.55. The smallest absolute Gasteiger partial charge is 0.176 e. The fraction of sp³-hybridized carbons (Fsp3) is 0.300. The SMILES string of the molecule is CC(Br)C(=O)c1cc(Cl)ccc1CO. The zero-order valence-electron chi connectivity index (χ0n) is 7.63. The van der Waals surface area contributed by atoms with Crippen molar-refractivity contribution in [1.29, 1.82) is 0 Å². The highest BCUT2D eigenvalue weighted by molar-refractivity contribution is 9.10. The zero-order chi connectivity index (χ0) is 10.7. The standard InChI is InChI=1S/C10H10BrClO2/c1-6(11)10(14)9-4-8(12)3-2-7(9)5-13/h2-4,6,13H,5H2,1H3. The van der Waals surface area contributed by atoms with Crippen molar-refractivity contribution in [2.24, 2.45) is 0 Å². The van der Waals surface area contributed by atoms with Crippen molar-refractivity contribution in [2.75, 3.05) is 0 Å². The van der Waals surface area contributed by atoms with Gasteiger partial charge in [-0.1, -0.05) is 33.6 Å². The number of rotatable bonds is 3. The molecule has 76 valence electrons. The predicted molar refractivity (Wildman–Crippen MR) is 60.1 cm³/mol. The second kappa shape index (κ2) is 4.91. The van der Waals surface area contributed by atoms with E-state index in [1.807, 2.05) is 0 Å². The first kappa shape index (κ1) is 11.7. The van der Waals surface area contributed by atoms with Gasteiger partial charge in [0.1, 0.15) is 0 Å². The minimum atomic E-state index is -0.272.